The van der Waals surface area contributed by atoms with Crippen LogP contribution in [-0.4, -0.2) is 65.8 Å². The summed E-state index contributed by atoms with van der Waals surface area (Å²) >= 11 is 0. The minimum absolute atomic E-state index is 0.0228. The smallest absolute Gasteiger partial charge is 0.318 e. The van der Waals surface area contributed by atoms with Crippen molar-refractivity contribution in [2.75, 3.05) is 37.7 Å². The number of morpholine rings is 1. The summed E-state index contributed by atoms with van der Waals surface area (Å²) in [6, 6.07) is 2.36. The van der Waals surface area contributed by atoms with E-state index in [2.05, 4.69) is 27.1 Å². The van der Waals surface area contributed by atoms with Crippen LogP contribution in [0.2, 0.25) is 0 Å². The van der Waals surface area contributed by atoms with Gasteiger partial charge in [0.2, 0.25) is 0 Å². The van der Waals surface area contributed by atoms with Gasteiger partial charge in [0.1, 0.15) is 12.1 Å². The predicted octanol–water partition coefficient (Wildman–Crippen LogP) is 1.44. The van der Waals surface area contributed by atoms with E-state index >= 15 is 0 Å². The molecule has 24 heavy (non-hydrogen) atoms. The van der Waals surface area contributed by atoms with Crippen LogP contribution in [0.1, 0.15) is 32.4 Å². The summed E-state index contributed by atoms with van der Waals surface area (Å²) in [5.74, 6) is 0.959. The molecule has 2 fully saturated rings. The molecular weight excluding hydrogens is 306 g/mol. The molecule has 3 rings (SSSR count). The normalized spacial score (nSPS) is 24.8. The first kappa shape index (κ1) is 17.0. The van der Waals surface area contributed by atoms with E-state index in [1.165, 1.54) is 0 Å². The third-order valence-corrected chi connectivity index (χ3v) is 4.77. The van der Waals surface area contributed by atoms with E-state index in [9.17, 15) is 4.79 Å². The molecule has 2 atom stereocenters. The standard InChI is InChI=1S/C17H27N5O2/c1-3-14-9-16(19-12-18-14)21-6-4-5-15(10-21)20-17(23)22-7-8-24-11-13(22)2/h9,12-13,15H,3-8,10-11H2,1-2H3,(H,20,23)/t13-,15-/m1/s1. The van der Waals surface area contributed by atoms with Gasteiger partial charge in [-0.15, -0.1) is 0 Å². The number of hydrogen-bond donors (Lipinski definition) is 1. The van der Waals surface area contributed by atoms with E-state index in [1.807, 2.05) is 17.9 Å². The molecule has 0 spiro atoms. The van der Waals surface area contributed by atoms with Crippen LogP contribution < -0.4 is 10.2 Å². The number of anilines is 1. The second-order valence-corrected chi connectivity index (χ2v) is 6.57. The first-order valence-electron chi connectivity index (χ1n) is 8.88. The van der Waals surface area contributed by atoms with Gasteiger partial charge in [-0.1, -0.05) is 6.92 Å². The summed E-state index contributed by atoms with van der Waals surface area (Å²) in [6.07, 6.45) is 4.59. The van der Waals surface area contributed by atoms with Crippen LogP contribution in [0.5, 0.6) is 0 Å². The number of carbonyl (C=O) groups excluding carboxylic acids is 1. The topological polar surface area (TPSA) is 70.6 Å². The van der Waals surface area contributed by atoms with E-state index in [1.54, 1.807) is 6.33 Å². The average molecular weight is 333 g/mol. The quantitative estimate of drug-likeness (QED) is 0.906. The zero-order valence-electron chi connectivity index (χ0n) is 14.6. The van der Waals surface area contributed by atoms with Crippen LogP contribution >= 0.6 is 0 Å². The highest BCUT2D eigenvalue weighted by molar-refractivity contribution is 5.75. The second-order valence-electron chi connectivity index (χ2n) is 6.57. The Balaban J connectivity index is 1.59. The maximum Gasteiger partial charge on any atom is 0.318 e. The predicted molar refractivity (Wildman–Crippen MR) is 92.2 cm³/mol. The Kier molecular flexibility index (Phi) is 5.50. The third-order valence-electron chi connectivity index (χ3n) is 4.77. The molecule has 2 aliphatic rings. The molecule has 1 N–H and O–H groups in total. The van der Waals surface area contributed by atoms with Gasteiger partial charge in [0, 0.05) is 37.4 Å². The Morgan fingerprint density at radius 1 is 1.42 bits per heavy atom. The SMILES string of the molecule is CCc1cc(N2CCC[C@@H](NC(=O)N3CCOC[C@H]3C)C2)ncn1. The minimum atomic E-state index is 0.0228. The molecule has 0 bridgehead atoms. The van der Waals surface area contributed by atoms with Crippen molar-refractivity contribution in [3.63, 3.8) is 0 Å². The largest absolute Gasteiger partial charge is 0.377 e. The highest BCUT2D eigenvalue weighted by Crippen LogP contribution is 2.19. The number of piperidine rings is 1. The van der Waals surface area contributed by atoms with Crippen LogP contribution in [-0.2, 0) is 11.2 Å². The Hall–Kier alpha value is -1.89. The number of nitrogens with one attached hydrogen (secondary N) is 1. The molecule has 0 saturated carbocycles. The van der Waals surface area contributed by atoms with E-state index in [4.69, 9.17) is 4.74 Å². The molecule has 2 amide bonds. The summed E-state index contributed by atoms with van der Waals surface area (Å²) in [7, 11) is 0. The van der Waals surface area contributed by atoms with Crippen molar-refractivity contribution >= 4 is 11.8 Å². The molecule has 0 radical (unpaired) electrons. The van der Waals surface area contributed by atoms with Gasteiger partial charge in [0.05, 0.1) is 19.3 Å². The van der Waals surface area contributed by atoms with E-state index < -0.39 is 0 Å². The number of hydrogen-bond acceptors (Lipinski definition) is 5. The molecule has 0 aromatic carbocycles. The maximum absolute atomic E-state index is 12.5. The van der Waals surface area contributed by atoms with Gasteiger partial charge >= 0.3 is 6.03 Å². The Morgan fingerprint density at radius 3 is 3.08 bits per heavy atom. The van der Waals surface area contributed by atoms with Crippen LogP contribution in [0, 0.1) is 0 Å². The monoisotopic (exact) mass is 333 g/mol. The lowest BCUT2D eigenvalue weighted by atomic mass is 10.1. The van der Waals surface area contributed by atoms with Crippen molar-refractivity contribution in [2.45, 2.75) is 45.2 Å². The molecule has 1 aromatic heterocycles. The van der Waals surface area contributed by atoms with Crippen molar-refractivity contribution in [3.05, 3.63) is 18.1 Å². The number of aromatic nitrogens is 2. The number of urea groups is 1. The molecule has 2 saturated heterocycles. The number of nitrogens with zero attached hydrogens (tertiary/aromatic N) is 4. The van der Waals surface area contributed by atoms with Gasteiger partial charge < -0.3 is 19.9 Å². The lowest BCUT2D eigenvalue weighted by molar-refractivity contribution is 0.0183. The van der Waals surface area contributed by atoms with Crippen molar-refractivity contribution in [1.29, 1.82) is 0 Å². The average Bonchev–Trinajstić information content (AvgIpc) is 2.62. The molecule has 7 nitrogen and oxygen atoms in total. The van der Waals surface area contributed by atoms with Gasteiger partial charge in [0.25, 0.3) is 0 Å². The maximum atomic E-state index is 12.5. The second kappa shape index (κ2) is 7.79. The number of ether oxygens (including phenoxy) is 1. The van der Waals surface area contributed by atoms with Crippen LogP contribution in [0.3, 0.4) is 0 Å². The summed E-state index contributed by atoms with van der Waals surface area (Å²) in [5.41, 5.74) is 1.05. The Morgan fingerprint density at radius 2 is 2.29 bits per heavy atom. The van der Waals surface area contributed by atoms with Crippen LogP contribution in [0.4, 0.5) is 10.6 Å². The van der Waals surface area contributed by atoms with E-state index in [-0.39, 0.29) is 18.1 Å². The van der Waals surface area contributed by atoms with Crippen molar-refractivity contribution in [2.24, 2.45) is 0 Å². The molecule has 0 unspecified atom stereocenters. The Bertz CT molecular complexity index is 568. The fourth-order valence-electron chi connectivity index (χ4n) is 3.34. The summed E-state index contributed by atoms with van der Waals surface area (Å²) in [5, 5.41) is 3.19. The number of rotatable bonds is 3. The van der Waals surface area contributed by atoms with E-state index in [0.29, 0.717) is 19.8 Å². The third kappa shape index (κ3) is 3.95. The van der Waals surface area contributed by atoms with Crippen molar-refractivity contribution in [1.82, 2.24) is 20.2 Å². The summed E-state index contributed by atoms with van der Waals surface area (Å²) in [4.78, 5) is 25.3. The number of carbonyl (C=O) groups is 1. The van der Waals surface area contributed by atoms with Crippen molar-refractivity contribution in [3.8, 4) is 0 Å². The molecule has 132 valence electrons. The first-order chi connectivity index (χ1) is 11.7. The zero-order valence-corrected chi connectivity index (χ0v) is 14.6. The van der Waals surface area contributed by atoms with Crippen LogP contribution in [0.25, 0.3) is 0 Å². The number of amides is 2. The molecule has 0 aliphatic carbocycles. The lowest BCUT2D eigenvalue weighted by Gasteiger charge is -2.37. The Labute approximate surface area is 143 Å². The van der Waals surface area contributed by atoms with Gasteiger partial charge in [-0.2, -0.15) is 0 Å². The van der Waals surface area contributed by atoms with Gasteiger partial charge in [-0.05, 0) is 26.2 Å². The molecule has 3 heterocycles. The fraction of sp³-hybridized carbons (Fsp3) is 0.706. The fourth-order valence-corrected chi connectivity index (χ4v) is 3.34. The molecule has 7 heteroatoms. The highest BCUT2D eigenvalue weighted by atomic mass is 16.5. The lowest BCUT2D eigenvalue weighted by Crippen LogP contribution is -2.56. The number of aryl methyl sites for hydroxylation is 1. The summed E-state index contributed by atoms with van der Waals surface area (Å²) < 4.78 is 5.40. The minimum Gasteiger partial charge on any atom is -0.377 e. The molecule has 2 aliphatic heterocycles. The van der Waals surface area contributed by atoms with Gasteiger partial charge in [0.15, 0.2) is 0 Å². The summed E-state index contributed by atoms with van der Waals surface area (Å²) in [6.45, 7) is 7.79. The molecular formula is C17H27N5O2. The van der Waals surface area contributed by atoms with Crippen molar-refractivity contribution < 1.29 is 9.53 Å². The van der Waals surface area contributed by atoms with Gasteiger partial charge in [-0.25, -0.2) is 14.8 Å². The highest BCUT2D eigenvalue weighted by Gasteiger charge is 2.28. The zero-order chi connectivity index (χ0) is 16.9. The van der Waals surface area contributed by atoms with E-state index in [0.717, 1.165) is 43.9 Å². The first-order valence-corrected chi connectivity index (χ1v) is 8.88. The van der Waals surface area contributed by atoms with Gasteiger partial charge in [-0.3, -0.25) is 0 Å². The van der Waals surface area contributed by atoms with Crippen LogP contribution in [0.15, 0.2) is 12.4 Å². The molecule has 1 aromatic rings.